The van der Waals surface area contributed by atoms with Gasteiger partial charge in [0.25, 0.3) is 0 Å². The third-order valence-corrected chi connectivity index (χ3v) is 5.51. The van der Waals surface area contributed by atoms with Gasteiger partial charge in [-0.3, -0.25) is 9.59 Å². The molecule has 1 atom stereocenters. The highest BCUT2D eigenvalue weighted by molar-refractivity contribution is 7.89. The van der Waals surface area contributed by atoms with Crippen molar-refractivity contribution in [3.63, 3.8) is 0 Å². The van der Waals surface area contributed by atoms with Crippen LogP contribution in [0.15, 0.2) is 29.2 Å². The van der Waals surface area contributed by atoms with E-state index >= 15 is 0 Å². The summed E-state index contributed by atoms with van der Waals surface area (Å²) in [7, 11) is -3.95. The summed E-state index contributed by atoms with van der Waals surface area (Å²) in [4.78, 5) is 22.5. The van der Waals surface area contributed by atoms with Crippen LogP contribution in [-0.4, -0.2) is 48.8 Å². The van der Waals surface area contributed by atoms with Crippen LogP contribution in [0.5, 0.6) is 0 Å². The summed E-state index contributed by atoms with van der Waals surface area (Å²) in [6.07, 6.45) is 1.58. The Morgan fingerprint density at radius 3 is 2.52 bits per heavy atom. The highest BCUT2D eigenvalue weighted by Gasteiger charge is 2.37. The lowest BCUT2D eigenvalue weighted by molar-refractivity contribution is -0.138. The Kier molecular flexibility index (Phi) is 5.32. The molecule has 0 bridgehead atoms. The zero-order chi connectivity index (χ0) is 17.0. The summed E-state index contributed by atoms with van der Waals surface area (Å²) in [5, 5.41) is 10.8. The first-order valence-corrected chi connectivity index (χ1v) is 8.53. The number of carboxylic acids is 1. The van der Waals surface area contributed by atoms with E-state index in [4.69, 9.17) is 5.11 Å². The van der Waals surface area contributed by atoms with Crippen LogP contribution in [0.2, 0.25) is 0 Å². The van der Waals surface area contributed by atoms with Gasteiger partial charge >= 0.3 is 5.97 Å². The molecule has 1 aromatic carbocycles. The molecule has 0 saturated carbocycles. The van der Waals surface area contributed by atoms with Crippen LogP contribution >= 0.6 is 0 Å². The highest BCUT2D eigenvalue weighted by atomic mass is 32.2. The maximum atomic E-state index is 13.0. The number of piperidine rings is 1. The fourth-order valence-electron chi connectivity index (χ4n) is 2.48. The fraction of sp³-hybridized carbons (Fsp3) is 0.429. The number of hydrogen-bond donors (Lipinski definition) is 2. The predicted molar refractivity (Wildman–Crippen MR) is 78.6 cm³/mol. The van der Waals surface area contributed by atoms with Crippen molar-refractivity contribution in [3.05, 3.63) is 30.1 Å². The van der Waals surface area contributed by atoms with E-state index in [0.717, 1.165) is 28.6 Å². The smallest absolute Gasteiger partial charge is 0.322 e. The number of nitrogens with one attached hydrogen (secondary N) is 1. The molecule has 0 aromatic heterocycles. The molecule has 0 aliphatic carbocycles. The Morgan fingerprint density at radius 2 is 1.91 bits per heavy atom. The number of amides is 1. The number of nitrogens with zero attached hydrogens (tertiary/aromatic N) is 1. The Hall–Kier alpha value is -2.00. The van der Waals surface area contributed by atoms with E-state index in [0.29, 0.717) is 19.3 Å². The average molecular weight is 344 g/mol. The number of hydrogen-bond acceptors (Lipinski definition) is 4. The van der Waals surface area contributed by atoms with E-state index in [9.17, 15) is 22.4 Å². The molecule has 0 spiro atoms. The zero-order valence-corrected chi connectivity index (χ0v) is 13.1. The number of carboxylic acid groups (broad SMARTS) is 1. The van der Waals surface area contributed by atoms with Crippen molar-refractivity contribution in [2.24, 2.45) is 0 Å². The molecule has 1 saturated heterocycles. The van der Waals surface area contributed by atoms with Crippen LogP contribution in [0.3, 0.4) is 0 Å². The lowest BCUT2D eigenvalue weighted by Crippen LogP contribution is -2.52. The third-order valence-electron chi connectivity index (χ3n) is 3.59. The molecule has 1 aromatic rings. The van der Waals surface area contributed by atoms with Crippen LogP contribution in [-0.2, 0) is 19.6 Å². The van der Waals surface area contributed by atoms with Gasteiger partial charge in [-0.05, 0) is 37.1 Å². The second kappa shape index (κ2) is 7.05. The third kappa shape index (κ3) is 4.05. The lowest BCUT2D eigenvalue weighted by atomic mass is 10.0. The Bertz CT molecular complexity index is 690. The highest BCUT2D eigenvalue weighted by Crippen LogP contribution is 2.25. The Labute approximate surface area is 133 Å². The lowest BCUT2D eigenvalue weighted by Gasteiger charge is -2.33. The van der Waals surface area contributed by atoms with E-state index in [1.165, 1.54) is 0 Å². The maximum absolute atomic E-state index is 13.0. The van der Waals surface area contributed by atoms with Gasteiger partial charge in [0, 0.05) is 6.54 Å². The predicted octanol–water partition coefficient (Wildman–Crippen LogP) is 0.570. The number of benzene rings is 1. The summed E-state index contributed by atoms with van der Waals surface area (Å²) in [5.74, 6) is -2.40. The largest absolute Gasteiger partial charge is 0.480 e. The molecule has 1 amide bonds. The number of rotatable bonds is 5. The minimum absolute atomic E-state index is 0.100. The van der Waals surface area contributed by atoms with E-state index in [2.05, 4.69) is 5.32 Å². The topological polar surface area (TPSA) is 104 Å². The minimum atomic E-state index is -3.95. The van der Waals surface area contributed by atoms with Crippen LogP contribution < -0.4 is 5.32 Å². The summed E-state index contributed by atoms with van der Waals surface area (Å²) in [6, 6.07) is 3.40. The van der Waals surface area contributed by atoms with Crippen molar-refractivity contribution in [3.8, 4) is 0 Å². The van der Waals surface area contributed by atoms with Gasteiger partial charge in [0.1, 0.15) is 18.4 Å². The normalized spacial score (nSPS) is 19.3. The molecule has 0 unspecified atom stereocenters. The van der Waals surface area contributed by atoms with E-state index in [1.54, 1.807) is 0 Å². The molecule has 2 rings (SSSR count). The van der Waals surface area contributed by atoms with Gasteiger partial charge in [0.15, 0.2) is 0 Å². The maximum Gasteiger partial charge on any atom is 0.322 e. The van der Waals surface area contributed by atoms with Gasteiger partial charge in [-0.25, -0.2) is 12.8 Å². The second-order valence-corrected chi connectivity index (χ2v) is 7.08. The van der Waals surface area contributed by atoms with Gasteiger partial charge < -0.3 is 10.4 Å². The molecular weight excluding hydrogens is 327 g/mol. The molecule has 23 heavy (non-hydrogen) atoms. The molecular formula is C14H17FN2O5S. The van der Waals surface area contributed by atoms with E-state index in [-0.39, 0.29) is 11.4 Å². The molecule has 0 radical (unpaired) electrons. The van der Waals surface area contributed by atoms with Crippen molar-refractivity contribution in [1.82, 2.24) is 9.62 Å². The van der Waals surface area contributed by atoms with Crippen LogP contribution in [0.4, 0.5) is 4.39 Å². The monoisotopic (exact) mass is 344 g/mol. The summed E-state index contributed by atoms with van der Waals surface area (Å²) in [5.41, 5.74) is 0. The molecule has 2 N–H and O–H groups in total. The summed E-state index contributed by atoms with van der Waals surface area (Å²) >= 11 is 0. The van der Waals surface area contributed by atoms with Crippen LogP contribution in [0, 0.1) is 5.82 Å². The number of carbonyl (C=O) groups is 2. The minimum Gasteiger partial charge on any atom is -0.480 e. The molecule has 9 heteroatoms. The number of halogens is 1. The molecule has 126 valence electrons. The standard InChI is InChI=1S/C14H17FN2O5S/c15-10-4-6-11(7-5-10)23(21,22)17-8-2-1-3-12(17)14(20)16-9-13(18)19/h4-7,12H,1-3,8-9H2,(H,16,20)(H,18,19)/t12-/m1/s1. The zero-order valence-electron chi connectivity index (χ0n) is 12.2. The Balaban J connectivity index is 2.24. The first-order valence-electron chi connectivity index (χ1n) is 7.09. The van der Waals surface area contributed by atoms with Crippen LogP contribution in [0.1, 0.15) is 19.3 Å². The van der Waals surface area contributed by atoms with Crippen molar-refractivity contribution in [2.75, 3.05) is 13.1 Å². The summed E-state index contributed by atoms with van der Waals surface area (Å²) < 4.78 is 39.3. The number of sulfonamides is 1. The van der Waals surface area contributed by atoms with Crippen molar-refractivity contribution in [2.45, 2.75) is 30.2 Å². The van der Waals surface area contributed by atoms with Gasteiger partial charge in [0.2, 0.25) is 15.9 Å². The number of aliphatic carboxylic acids is 1. The molecule has 1 fully saturated rings. The van der Waals surface area contributed by atoms with Gasteiger partial charge in [-0.15, -0.1) is 0 Å². The quantitative estimate of drug-likeness (QED) is 0.813. The van der Waals surface area contributed by atoms with Gasteiger partial charge in [-0.2, -0.15) is 4.31 Å². The molecule has 7 nitrogen and oxygen atoms in total. The summed E-state index contributed by atoms with van der Waals surface area (Å²) in [6.45, 7) is -0.412. The van der Waals surface area contributed by atoms with Crippen molar-refractivity contribution < 1.29 is 27.5 Å². The molecule has 1 aliphatic rings. The van der Waals surface area contributed by atoms with Gasteiger partial charge in [0.05, 0.1) is 4.90 Å². The van der Waals surface area contributed by atoms with E-state index < -0.39 is 40.3 Å². The van der Waals surface area contributed by atoms with Crippen molar-refractivity contribution >= 4 is 21.9 Å². The first kappa shape index (κ1) is 17.4. The van der Waals surface area contributed by atoms with Crippen LogP contribution in [0.25, 0.3) is 0 Å². The SMILES string of the molecule is O=C(O)CNC(=O)[C@H]1CCCCN1S(=O)(=O)c1ccc(F)cc1. The first-order chi connectivity index (χ1) is 10.8. The molecule has 1 aliphatic heterocycles. The number of carbonyl (C=O) groups excluding carboxylic acids is 1. The Morgan fingerprint density at radius 1 is 1.26 bits per heavy atom. The van der Waals surface area contributed by atoms with Gasteiger partial charge in [-0.1, -0.05) is 6.42 Å². The fourth-order valence-corrected chi connectivity index (χ4v) is 4.13. The van der Waals surface area contributed by atoms with E-state index in [1.807, 2.05) is 0 Å². The second-order valence-electron chi connectivity index (χ2n) is 5.19. The van der Waals surface area contributed by atoms with Crippen molar-refractivity contribution in [1.29, 1.82) is 0 Å². The average Bonchev–Trinajstić information content (AvgIpc) is 2.53. The molecule has 1 heterocycles.